The van der Waals surface area contributed by atoms with Crippen molar-refractivity contribution in [3.63, 3.8) is 0 Å². The van der Waals surface area contributed by atoms with E-state index in [9.17, 15) is 14.4 Å². The van der Waals surface area contributed by atoms with Crippen molar-refractivity contribution < 1.29 is 19.1 Å². The number of carbonyl (C=O) groups excluding carboxylic acids is 3. The Kier molecular flexibility index (Phi) is 6.49. The first kappa shape index (κ1) is 22.2. The van der Waals surface area contributed by atoms with Crippen LogP contribution in [-0.2, 0) is 16.0 Å². The van der Waals surface area contributed by atoms with Crippen molar-refractivity contribution >= 4 is 40.5 Å². The first-order valence-corrected chi connectivity index (χ1v) is 10.9. The van der Waals surface area contributed by atoms with E-state index in [4.69, 9.17) is 9.72 Å². The molecule has 1 aliphatic carbocycles. The monoisotopic (exact) mass is 443 g/mol. The molecule has 1 unspecified atom stereocenters. The molecule has 33 heavy (non-hydrogen) atoms. The molecule has 1 aliphatic rings. The molecular formula is C26H25N3O4. The van der Waals surface area contributed by atoms with Crippen LogP contribution < -0.4 is 10.6 Å². The Morgan fingerprint density at radius 3 is 2.55 bits per heavy atom. The van der Waals surface area contributed by atoms with Gasteiger partial charge in [-0.2, -0.15) is 0 Å². The van der Waals surface area contributed by atoms with Gasteiger partial charge in [-0.25, -0.2) is 14.6 Å². The highest BCUT2D eigenvalue weighted by molar-refractivity contribution is 6.08. The average molecular weight is 444 g/mol. The number of nitrogens with one attached hydrogen (secondary N) is 2. The van der Waals surface area contributed by atoms with Crippen LogP contribution in [0.1, 0.15) is 47.4 Å². The van der Waals surface area contributed by atoms with Crippen molar-refractivity contribution in [2.45, 2.75) is 32.8 Å². The highest BCUT2D eigenvalue weighted by Crippen LogP contribution is 2.37. The van der Waals surface area contributed by atoms with Crippen LogP contribution in [0.3, 0.4) is 0 Å². The minimum Gasteiger partial charge on any atom is -0.449 e. The molecule has 0 saturated heterocycles. The Bertz CT molecular complexity index is 1250. The Hall–Kier alpha value is -4.00. The lowest BCUT2D eigenvalue weighted by molar-refractivity contribution is -0.127. The molecule has 0 saturated carbocycles. The molecule has 0 fully saturated rings. The fourth-order valence-corrected chi connectivity index (χ4v) is 3.95. The summed E-state index contributed by atoms with van der Waals surface area (Å²) in [5, 5.41) is 5.33. The number of benzene rings is 2. The van der Waals surface area contributed by atoms with Gasteiger partial charge in [-0.15, -0.1) is 0 Å². The number of urea groups is 1. The average Bonchev–Trinajstić information content (AvgIpc) is 3.20. The SMILES string of the molecule is CCNC(=O)NC(=O)C(C)OC(=O)c1c2c(nc3ccccc13)C(=Cc1ccccc1)CC2. The van der Waals surface area contributed by atoms with Crippen LogP contribution in [0.25, 0.3) is 22.6 Å². The quantitative estimate of drug-likeness (QED) is 0.579. The van der Waals surface area contributed by atoms with Crippen molar-refractivity contribution in [2.24, 2.45) is 0 Å². The van der Waals surface area contributed by atoms with E-state index in [0.29, 0.717) is 29.4 Å². The fraction of sp³-hybridized carbons (Fsp3) is 0.231. The number of esters is 1. The third-order valence-electron chi connectivity index (χ3n) is 5.51. The Morgan fingerprint density at radius 2 is 1.79 bits per heavy atom. The lowest BCUT2D eigenvalue weighted by atomic mass is 10.0. The summed E-state index contributed by atoms with van der Waals surface area (Å²) < 4.78 is 5.49. The maximum Gasteiger partial charge on any atom is 0.339 e. The molecule has 1 heterocycles. The summed E-state index contributed by atoms with van der Waals surface area (Å²) in [6, 6.07) is 16.7. The summed E-state index contributed by atoms with van der Waals surface area (Å²) in [6.45, 7) is 3.56. The highest BCUT2D eigenvalue weighted by atomic mass is 16.5. The molecular weight excluding hydrogens is 418 g/mol. The number of rotatable bonds is 5. The number of imide groups is 1. The van der Waals surface area contributed by atoms with Gasteiger partial charge in [0.15, 0.2) is 6.10 Å². The molecule has 0 bridgehead atoms. The summed E-state index contributed by atoms with van der Waals surface area (Å²) in [5.74, 6) is -1.29. The molecule has 2 aromatic carbocycles. The van der Waals surface area contributed by atoms with Gasteiger partial charge in [0.05, 0.1) is 16.8 Å². The van der Waals surface area contributed by atoms with Crippen LogP contribution in [-0.4, -0.2) is 35.5 Å². The zero-order valence-electron chi connectivity index (χ0n) is 18.6. The molecule has 2 N–H and O–H groups in total. The molecule has 0 spiro atoms. The number of para-hydroxylation sites is 1. The molecule has 4 rings (SSSR count). The smallest absolute Gasteiger partial charge is 0.339 e. The lowest BCUT2D eigenvalue weighted by Crippen LogP contribution is -2.44. The normalized spacial score (nSPS) is 14.5. The molecule has 1 atom stereocenters. The third kappa shape index (κ3) is 4.77. The number of ether oxygens (including phenoxy) is 1. The molecule has 7 heteroatoms. The van der Waals surface area contributed by atoms with Crippen LogP contribution in [0.5, 0.6) is 0 Å². The zero-order valence-corrected chi connectivity index (χ0v) is 18.6. The summed E-state index contributed by atoms with van der Waals surface area (Å²) in [5.41, 5.74) is 4.82. The van der Waals surface area contributed by atoms with Crippen LogP contribution in [0.4, 0.5) is 4.79 Å². The van der Waals surface area contributed by atoms with Gasteiger partial charge in [-0.3, -0.25) is 10.1 Å². The van der Waals surface area contributed by atoms with E-state index >= 15 is 0 Å². The molecule has 0 aliphatic heterocycles. The Balaban J connectivity index is 1.68. The van der Waals surface area contributed by atoms with Gasteiger partial charge in [0.25, 0.3) is 5.91 Å². The van der Waals surface area contributed by atoms with Gasteiger partial charge in [-0.05, 0) is 55.5 Å². The maximum absolute atomic E-state index is 13.3. The second-order valence-corrected chi connectivity index (χ2v) is 7.81. The number of amides is 3. The summed E-state index contributed by atoms with van der Waals surface area (Å²) >= 11 is 0. The Morgan fingerprint density at radius 1 is 1.06 bits per heavy atom. The second-order valence-electron chi connectivity index (χ2n) is 7.81. The van der Waals surface area contributed by atoms with Crippen molar-refractivity contribution in [3.05, 3.63) is 77.0 Å². The molecule has 168 valence electrons. The largest absolute Gasteiger partial charge is 0.449 e. The molecule has 1 aromatic heterocycles. The van der Waals surface area contributed by atoms with E-state index in [1.54, 1.807) is 6.92 Å². The van der Waals surface area contributed by atoms with Crippen LogP contribution in [0.2, 0.25) is 0 Å². The van der Waals surface area contributed by atoms with E-state index < -0.39 is 24.0 Å². The van der Waals surface area contributed by atoms with E-state index in [-0.39, 0.29) is 0 Å². The van der Waals surface area contributed by atoms with Gasteiger partial charge in [0.1, 0.15) is 0 Å². The number of hydrogen-bond acceptors (Lipinski definition) is 5. The summed E-state index contributed by atoms with van der Waals surface area (Å²) in [4.78, 5) is 42.0. The molecule has 0 radical (unpaired) electrons. The minimum absolute atomic E-state index is 0.376. The second kappa shape index (κ2) is 9.65. The van der Waals surface area contributed by atoms with Crippen LogP contribution >= 0.6 is 0 Å². The molecule has 3 aromatic rings. The van der Waals surface area contributed by atoms with Gasteiger partial charge in [0.2, 0.25) is 0 Å². The minimum atomic E-state index is -1.14. The first-order valence-electron chi connectivity index (χ1n) is 10.9. The van der Waals surface area contributed by atoms with Gasteiger partial charge < -0.3 is 10.1 Å². The molecule has 3 amide bonds. The summed E-state index contributed by atoms with van der Waals surface area (Å²) in [7, 11) is 0. The standard InChI is InChI=1S/C26H25N3O4/c1-3-27-26(32)29-24(30)16(2)33-25(31)22-19-11-7-8-12-21(19)28-23-18(13-14-20(22)23)15-17-9-5-4-6-10-17/h4-12,15-16H,3,13-14H2,1-2H3,(H2,27,29,30,32). The van der Waals surface area contributed by atoms with Gasteiger partial charge in [-0.1, -0.05) is 48.5 Å². The van der Waals surface area contributed by atoms with Crippen molar-refractivity contribution in [1.82, 2.24) is 15.6 Å². The van der Waals surface area contributed by atoms with Crippen molar-refractivity contribution in [3.8, 4) is 0 Å². The number of pyridine rings is 1. The predicted octanol–water partition coefficient (Wildman–Crippen LogP) is 4.11. The van der Waals surface area contributed by atoms with E-state index in [2.05, 4.69) is 16.7 Å². The fourth-order valence-electron chi connectivity index (χ4n) is 3.95. The number of allylic oxidation sites excluding steroid dienone is 1. The number of nitrogens with zero attached hydrogens (tertiary/aromatic N) is 1. The van der Waals surface area contributed by atoms with E-state index in [0.717, 1.165) is 28.8 Å². The third-order valence-corrected chi connectivity index (χ3v) is 5.51. The Labute approximate surface area is 191 Å². The molecule has 7 nitrogen and oxygen atoms in total. The van der Waals surface area contributed by atoms with E-state index in [1.165, 1.54) is 6.92 Å². The van der Waals surface area contributed by atoms with Crippen LogP contribution in [0, 0.1) is 0 Å². The van der Waals surface area contributed by atoms with Gasteiger partial charge in [0, 0.05) is 11.9 Å². The van der Waals surface area contributed by atoms with E-state index in [1.807, 2.05) is 54.6 Å². The summed E-state index contributed by atoms with van der Waals surface area (Å²) in [6.07, 6.45) is 2.35. The van der Waals surface area contributed by atoms with Gasteiger partial charge >= 0.3 is 12.0 Å². The first-order chi connectivity index (χ1) is 16.0. The number of hydrogen-bond donors (Lipinski definition) is 2. The maximum atomic E-state index is 13.3. The number of carbonyl (C=O) groups is 3. The number of fused-ring (bicyclic) bond motifs is 2. The predicted molar refractivity (Wildman–Crippen MR) is 126 cm³/mol. The topological polar surface area (TPSA) is 97.4 Å². The van der Waals surface area contributed by atoms with Crippen molar-refractivity contribution in [1.29, 1.82) is 0 Å². The lowest BCUT2D eigenvalue weighted by Gasteiger charge is -2.16. The zero-order chi connectivity index (χ0) is 23.4. The van der Waals surface area contributed by atoms with Crippen molar-refractivity contribution in [2.75, 3.05) is 6.54 Å². The number of aromatic nitrogens is 1. The van der Waals surface area contributed by atoms with Crippen LogP contribution in [0.15, 0.2) is 54.6 Å². The highest BCUT2D eigenvalue weighted by Gasteiger charge is 2.29.